The highest BCUT2D eigenvalue weighted by molar-refractivity contribution is 9.10. The Morgan fingerprint density at radius 2 is 2.50 bits per heavy atom. The van der Waals surface area contributed by atoms with E-state index >= 15 is 0 Å². The van der Waals surface area contributed by atoms with E-state index in [1.54, 1.807) is 6.92 Å². The molecule has 0 saturated heterocycles. The fourth-order valence-corrected chi connectivity index (χ4v) is 1.47. The van der Waals surface area contributed by atoms with Gasteiger partial charge < -0.3 is 4.74 Å². The molecule has 4 heteroatoms. The van der Waals surface area contributed by atoms with Crippen LogP contribution in [0.2, 0.25) is 0 Å². The van der Waals surface area contributed by atoms with Gasteiger partial charge in [0.2, 0.25) is 0 Å². The van der Waals surface area contributed by atoms with Crippen LogP contribution in [0.15, 0.2) is 0 Å². The molecule has 0 spiro atoms. The van der Waals surface area contributed by atoms with E-state index in [1.165, 1.54) is 0 Å². The van der Waals surface area contributed by atoms with Crippen LogP contribution in [-0.2, 0) is 9.53 Å². The van der Waals surface area contributed by atoms with Crippen molar-refractivity contribution in [1.29, 1.82) is 0 Å². The van der Waals surface area contributed by atoms with E-state index in [1.807, 2.05) is 0 Å². The number of halogens is 2. The van der Waals surface area contributed by atoms with Crippen molar-refractivity contribution in [3.05, 3.63) is 0 Å². The number of alkyl halides is 2. The maximum Gasteiger partial charge on any atom is 0.311 e. The van der Waals surface area contributed by atoms with Crippen molar-refractivity contribution in [2.75, 3.05) is 6.61 Å². The van der Waals surface area contributed by atoms with Gasteiger partial charge in [0.1, 0.15) is 3.78 Å². The van der Waals surface area contributed by atoms with Gasteiger partial charge in [-0.25, -0.2) is 0 Å². The van der Waals surface area contributed by atoms with Crippen LogP contribution in [0.1, 0.15) is 13.3 Å². The first-order valence-electron chi connectivity index (χ1n) is 3.12. The highest BCUT2D eigenvalue weighted by Gasteiger charge is 2.56. The summed E-state index contributed by atoms with van der Waals surface area (Å²) in [6.07, 6.45) is 0.674. The summed E-state index contributed by atoms with van der Waals surface area (Å²) < 4.78 is 4.25. The second-order valence-corrected chi connectivity index (χ2v) is 4.82. The predicted molar refractivity (Wildman–Crippen MR) is 42.3 cm³/mol. The summed E-state index contributed by atoms with van der Waals surface area (Å²) in [5.41, 5.74) is 0. The zero-order chi connectivity index (χ0) is 7.78. The molecule has 2 nitrogen and oxygen atoms in total. The third-order valence-electron chi connectivity index (χ3n) is 1.40. The van der Waals surface area contributed by atoms with Crippen molar-refractivity contribution in [3.8, 4) is 0 Å². The zero-order valence-electron chi connectivity index (χ0n) is 5.56. The van der Waals surface area contributed by atoms with E-state index in [4.69, 9.17) is 16.3 Å². The van der Waals surface area contributed by atoms with Crippen LogP contribution in [0.5, 0.6) is 0 Å². The minimum atomic E-state index is -0.501. The average molecular weight is 227 g/mol. The average Bonchev–Trinajstić information content (AvgIpc) is 2.41. The molecule has 1 fully saturated rings. The molecule has 0 radical (unpaired) electrons. The Morgan fingerprint density at radius 3 is 2.80 bits per heavy atom. The molecule has 2 unspecified atom stereocenters. The molecule has 1 saturated carbocycles. The molecular weight excluding hydrogens is 219 g/mol. The lowest BCUT2D eigenvalue weighted by Crippen LogP contribution is -2.09. The van der Waals surface area contributed by atoms with Crippen LogP contribution in [0.3, 0.4) is 0 Å². The summed E-state index contributed by atoms with van der Waals surface area (Å²) in [6.45, 7) is 2.21. The van der Waals surface area contributed by atoms with Crippen molar-refractivity contribution in [2.24, 2.45) is 5.92 Å². The fraction of sp³-hybridized carbons (Fsp3) is 0.833. The van der Waals surface area contributed by atoms with Gasteiger partial charge in [0.25, 0.3) is 0 Å². The maximum atomic E-state index is 10.9. The highest BCUT2D eigenvalue weighted by atomic mass is 79.9. The number of hydrogen-bond donors (Lipinski definition) is 0. The van der Waals surface area contributed by atoms with Crippen molar-refractivity contribution in [3.63, 3.8) is 0 Å². The van der Waals surface area contributed by atoms with Gasteiger partial charge >= 0.3 is 5.97 Å². The molecule has 0 aromatic rings. The van der Waals surface area contributed by atoms with E-state index in [-0.39, 0.29) is 11.9 Å². The Hall–Kier alpha value is 0.240. The summed E-state index contributed by atoms with van der Waals surface area (Å²) in [5, 5.41) is 0. The van der Waals surface area contributed by atoms with E-state index in [2.05, 4.69) is 15.9 Å². The minimum absolute atomic E-state index is 0.144. The van der Waals surface area contributed by atoms with E-state index in [9.17, 15) is 4.79 Å². The second-order valence-electron chi connectivity index (χ2n) is 2.27. The van der Waals surface area contributed by atoms with E-state index in [0.29, 0.717) is 13.0 Å². The van der Waals surface area contributed by atoms with Crippen LogP contribution >= 0.6 is 27.5 Å². The standard InChI is InChI=1S/C6H8BrClO2/c1-2-10-5(9)4-3-6(4,7)8/h4H,2-3H2,1H3. The maximum absolute atomic E-state index is 10.9. The summed E-state index contributed by atoms with van der Waals surface area (Å²) in [6, 6.07) is 0. The third kappa shape index (κ3) is 1.64. The van der Waals surface area contributed by atoms with Gasteiger partial charge in [-0.3, -0.25) is 4.79 Å². The molecular formula is C6H8BrClO2. The summed E-state index contributed by atoms with van der Waals surface area (Å²) >= 11 is 8.94. The molecule has 10 heavy (non-hydrogen) atoms. The number of rotatable bonds is 2. The summed E-state index contributed by atoms with van der Waals surface area (Å²) in [4.78, 5) is 10.9. The third-order valence-corrected chi connectivity index (χ3v) is 2.69. The molecule has 2 atom stereocenters. The van der Waals surface area contributed by atoms with Crippen LogP contribution in [-0.4, -0.2) is 16.4 Å². The Morgan fingerprint density at radius 1 is 2.00 bits per heavy atom. The summed E-state index contributed by atoms with van der Waals surface area (Å²) in [7, 11) is 0. The van der Waals surface area contributed by atoms with Gasteiger partial charge in [-0.15, -0.1) is 11.6 Å². The molecule has 0 aromatic carbocycles. The normalized spacial score (nSPS) is 37.3. The van der Waals surface area contributed by atoms with Crippen LogP contribution in [0.25, 0.3) is 0 Å². The minimum Gasteiger partial charge on any atom is -0.466 e. The largest absolute Gasteiger partial charge is 0.466 e. The lowest BCUT2D eigenvalue weighted by atomic mass is 10.4. The van der Waals surface area contributed by atoms with Gasteiger partial charge in [0.15, 0.2) is 0 Å². The lowest BCUT2D eigenvalue weighted by molar-refractivity contribution is -0.144. The quantitative estimate of drug-likeness (QED) is 0.532. The van der Waals surface area contributed by atoms with Crippen molar-refractivity contribution in [2.45, 2.75) is 17.1 Å². The van der Waals surface area contributed by atoms with Crippen molar-refractivity contribution >= 4 is 33.5 Å². The molecule has 0 amide bonds. The van der Waals surface area contributed by atoms with Crippen LogP contribution in [0.4, 0.5) is 0 Å². The molecule has 1 aliphatic carbocycles. The SMILES string of the molecule is CCOC(=O)C1CC1(Cl)Br. The first-order chi connectivity index (χ1) is 4.58. The van der Waals surface area contributed by atoms with Crippen LogP contribution in [0, 0.1) is 5.92 Å². The lowest BCUT2D eigenvalue weighted by Gasteiger charge is -1.99. The van der Waals surface area contributed by atoms with Gasteiger partial charge in [-0.05, 0) is 13.3 Å². The van der Waals surface area contributed by atoms with Gasteiger partial charge in [0.05, 0.1) is 12.5 Å². The van der Waals surface area contributed by atoms with Crippen molar-refractivity contribution < 1.29 is 9.53 Å². The predicted octanol–water partition coefficient (Wildman–Crippen LogP) is 1.90. The van der Waals surface area contributed by atoms with Gasteiger partial charge in [-0.1, -0.05) is 15.9 Å². The first-order valence-corrected chi connectivity index (χ1v) is 4.29. The Balaban J connectivity index is 2.33. The molecule has 0 bridgehead atoms. The Kier molecular flexibility index (Phi) is 2.25. The number of carbonyl (C=O) groups is 1. The molecule has 0 aliphatic heterocycles. The van der Waals surface area contributed by atoms with Gasteiger partial charge in [0, 0.05) is 0 Å². The number of ether oxygens (including phenoxy) is 1. The highest BCUT2D eigenvalue weighted by Crippen LogP contribution is 2.55. The first kappa shape index (κ1) is 8.34. The van der Waals surface area contributed by atoms with E-state index in [0.717, 1.165) is 0 Å². The summed E-state index contributed by atoms with van der Waals surface area (Å²) in [5.74, 6) is -0.344. The smallest absolute Gasteiger partial charge is 0.311 e. The topological polar surface area (TPSA) is 26.3 Å². The van der Waals surface area contributed by atoms with Gasteiger partial charge in [-0.2, -0.15) is 0 Å². The zero-order valence-corrected chi connectivity index (χ0v) is 7.91. The number of carbonyl (C=O) groups excluding carboxylic acids is 1. The Bertz CT molecular complexity index is 158. The fourth-order valence-electron chi connectivity index (χ4n) is 0.712. The Labute approximate surface area is 73.0 Å². The monoisotopic (exact) mass is 226 g/mol. The molecule has 0 aromatic heterocycles. The molecule has 1 aliphatic rings. The molecule has 58 valence electrons. The second kappa shape index (κ2) is 2.70. The molecule has 0 N–H and O–H groups in total. The molecule has 0 heterocycles. The number of esters is 1. The van der Waals surface area contributed by atoms with Crippen molar-refractivity contribution in [1.82, 2.24) is 0 Å². The number of hydrogen-bond acceptors (Lipinski definition) is 2. The van der Waals surface area contributed by atoms with Crippen LogP contribution < -0.4 is 0 Å². The van der Waals surface area contributed by atoms with E-state index < -0.39 is 3.78 Å². The molecule has 1 rings (SSSR count).